The lowest BCUT2D eigenvalue weighted by atomic mass is 10.3. The molecule has 1 aromatic carbocycles. The summed E-state index contributed by atoms with van der Waals surface area (Å²) in [4.78, 5) is 4.35. The largest absolute Gasteiger partial charge is 0.490 e. The van der Waals surface area contributed by atoms with Crippen LogP contribution in [0.3, 0.4) is 0 Å². The average Bonchev–Trinajstić information content (AvgIpc) is 2.86. The summed E-state index contributed by atoms with van der Waals surface area (Å²) in [6.07, 6.45) is 0. The summed E-state index contributed by atoms with van der Waals surface area (Å²) in [6.45, 7) is 3.47. The van der Waals surface area contributed by atoms with Gasteiger partial charge >= 0.3 is 0 Å². The van der Waals surface area contributed by atoms with Crippen LogP contribution < -0.4 is 15.2 Å². The number of rotatable bonds is 6. The van der Waals surface area contributed by atoms with E-state index in [1.54, 1.807) is 11.3 Å². The van der Waals surface area contributed by atoms with E-state index >= 15 is 0 Å². The molecule has 2 aromatic rings. The number of para-hydroxylation sites is 2. The van der Waals surface area contributed by atoms with Crippen LogP contribution >= 0.6 is 11.3 Å². The lowest BCUT2D eigenvalue weighted by Gasteiger charge is -2.10. The summed E-state index contributed by atoms with van der Waals surface area (Å²) in [6, 6.07) is 7.63. The minimum atomic E-state index is 0.439. The van der Waals surface area contributed by atoms with E-state index in [-0.39, 0.29) is 0 Å². The first-order chi connectivity index (χ1) is 8.83. The summed E-state index contributed by atoms with van der Waals surface area (Å²) >= 11 is 1.56. The van der Waals surface area contributed by atoms with E-state index in [1.165, 1.54) is 0 Å². The SMILES string of the molecule is CCOc1ccccc1OCc1nc(CN)cs1. The molecule has 4 nitrogen and oxygen atoms in total. The second-order valence-electron chi connectivity index (χ2n) is 3.61. The molecule has 0 saturated carbocycles. The number of aromatic nitrogens is 1. The fourth-order valence-corrected chi connectivity index (χ4v) is 2.21. The molecule has 0 unspecified atom stereocenters. The van der Waals surface area contributed by atoms with Crippen LogP contribution in [-0.4, -0.2) is 11.6 Å². The van der Waals surface area contributed by atoms with Crippen molar-refractivity contribution in [2.75, 3.05) is 6.61 Å². The number of thiazole rings is 1. The highest BCUT2D eigenvalue weighted by atomic mass is 32.1. The smallest absolute Gasteiger partial charge is 0.161 e. The van der Waals surface area contributed by atoms with E-state index in [4.69, 9.17) is 15.2 Å². The summed E-state index contributed by atoms with van der Waals surface area (Å²) in [7, 11) is 0. The minimum absolute atomic E-state index is 0.439. The van der Waals surface area contributed by atoms with Crippen molar-refractivity contribution >= 4 is 11.3 Å². The van der Waals surface area contributed by atoms with E-state index in [2.05, 4.69) is 4.98 Å². The normalized spacial score (nSPS) is 10.3. The monoisotopic (exact) mass is 264 g/mol. The summed E-state index contributed by atoms with van der Waals surface area (Å²) in [5, 5.41) is 2.87. The van der Waals surface area contributed by atoms with Gasteiger partial charge in [-0.15, -0.1) is 11.3 Å². The molecule has 18 heavy (non-hydrogen) atoms. The molecule has 0 aliphatic rings. The molecule has 0 fully saturated rings. The average molecular weight is 264 g/mol. The molecule has 96 valence electrons. The highest BCUT2D eigenvalue weighted by Gasteiger charge is 2.06. The van der Waals surface area contributed by atoms with Gasteiger partial charge in [0.1, 0.15) is 11.6 Å². The van der Waals surface area contributed by atoms with Crippen LogP contribution in [0.15, 0.2) is 29.6 Å². The van der Waals surface area contributed by atoms with E-state index < -0.39 is 0 Å². The molecule has 2 rings (SSSR count). The molecule has 1 aromatic heterocycles. The molecule has 0 aliphatic heterocycles. The molecule has 0 saturated heterocycles. The van der Waals surface area contributed by atoms with Crippen molar-refractivity contribution < 1.29 is 9.47 Å². The Hall–Kier alpha value is -1.59. The molecule has 5 heteroatoms. The number of nitrogens with two attached hydrogens (primary N) is 1. The Morgan fingerprint density at radius 1 is 1.22 bits per heavy atom. The molecule has 0 spiro atoms. The van der Waals surface area contributed by atoms with E-state index in [9.17, 15) is 0 Å². The van der Waals surface area contributed by atoms with Crippen molar-refractivity contribution in [1.29, 1.82) is 0 Å². The topological polar surface area (TPSA) is 57.4 Å². The highest BCUT2D eigenvalue weighted by molar-refractivity contribution is 7.09. The Morgan fingerprint density at radius 2 is 1.94 bits per heavy atom. The van der Waals surface area contributed by atoms with Gasteiger partial charge in [-0.05, 0) is 19.1 Å². The number of hydrogen-bond acceptors (Lipinski definition) is 5. The number of ether oxygens (including phenoxy) is 2. The highest BCUT2D eigenvalue weighted by Crippen LogP contribution is 2.27. The van der Waals surface area contributed by atoms with Gasteiger partial charge in [-0.3, -0.25) is 0 Å². The van der Waals surface area contributed by atoms with Crippen molar-refractivity contribution in [2.45, 2.75) is 20.1 Å². The standard InChI is InChI=1S/C13H16N2O2S/c1-2-16-11-5-3-4-6-12(11)17-8-13-15-10(7-14)9-18-13/h3-6,9H,2,7-8,14H2,1H3. The number of benzene rings is 1. The predicted molar refractivity (Wildman–Crippen MR) is 71.9 cm³/mol. The third kappa shape index (κ3) is 3.21. The van der Waals surface area contributed by atoms with Crippen LogP contribution in [0.4, 0.5) is 0 Å². The zero-order valence-corrected chi connectivity index (χ0v) is 11.1. The molecule has 0 aliphatic carbocycles. The number of nitrogens with zero attached hydrogens (tertiary/aromatic N) is 1. The van der Waals surface area contributed by atoms with Crippen LogP contribution in [0.2, 0.25) is 0 Å². The van der Waals surface area contributed by atoms with E-state index in [1.807, 2.05) is 36.6 Å². The quantitative estimate of drug-likeness (QED) is 0.871. The maximum Gasteiger partial charge on any atom is 0.161 e. The van der Waals surface area contributed by atoms with Crippen molar-refractivity contribution in [1.82, 2.24) is 4.98 Å². The van der Waals surface area contributed by atoms with Gasteiger partial charge in [0.15, 0.2) is 11.5 Å². The first kappa shape index (κ1) is 12.9. The zero-order chi connectivity index (χ0) is 12.8. The van der Waals surface area contributed by atoms with Gasteiger partial charge in [-0.1, -0.05) is 12.1 Å². The third-order valence-corrected chi connectivity index (χ3v) is 3.18. The Kier molecular flexibility index (Phi) is 4.55. The lowest BCUT2D eigenvalue weighted by Crippen LogP contribution is -2.00. The van der Waals surface area contributed by atoms with Crippen LogP contribution in [0.1, 0.15) is 17.6 Å². The maximum atomic E-state index is 5.72. The first-order valence-corrected chi connectivity index (χ1v) is 6.69. The molecule has 0 bridgehead atoms. The molecule has 1 heterocycles. The van der Waals surface area contributed by atoms with Crippen molar-refractivity contribution in [3.05, 3.63) is 40.3 Å². The van der Waals surface area contributed by atoms with Crippen molar-refractivity contribution in [3.8, 4) is 11.5 Å². The van der Waals surface area contributed by atoms with Gasteiger partial charge in [-0.2, -0.15) is 0 Å². The lowest BCUT2D eigenvalue weighted by molar-refractivity contribution is 0.269. The molecular formula is C13H16N2O2S. The van der Waals surface area contributed by atoms with Crippen LogP contribution in [0.5, 0.6) is 11.5 Å². The van der Waals surface area contributed by atoms with Crippen LogP contribution in [0, 0.1) is 0 Å². The van der Waals surface area contributed by atoms with Gasteiger partial charge in [0.2, 0.25) is 0 Å². The van der Waals surface area contributed by atoms with Crippen molar-refractivity contribution in [2.24, 2.45) is 5.73 Å². The fraction of sp³-hybridized carbons (Fsp3) is 0.308. The second kappa shape index (κ2) is 6.37. The molecular weight excluding hydrogens is 248 g/mol. The molecule has 0 amide bonds. The van der Waals surface area contributed by atoms with E-state index in [0.29, 0.717) is 19.8 Å². The zero-order valence-electron chi connectivity index (χ0n) is 10.3. The summed E-state index contributed by atoms with van der Waals surface area (Å²) < 4.78 is 11.2. The Balaban J connectivity index is 2.01. The Bertz CT molecular complexity index is 499. The molecule has 0 atom stereocenters. The van der Waals surface area contributed by atoms with Gasteiger partial charge in [0.25, 0.3) is 0 Å². The fourth-order valence-electron chi connectivity index (χ4n) is 1.49. The summed E-state index contributed by atoms with van der Waals surface area (Å²) in [5.41, 5.74) is 6.42. The summed E-state index contributed by atoms with van der Waals surface area (Å²) in [5.74, 6) is 1.50. The van der Waals surface area contributed by atoms with Gasteiger partial charge in [0, 0.05) is 11.9 Å². The maximum absolute atomic E-state index is 5.72. The number of hydrogen-bond donors (Lipinski definition) is 1. The van der Waals surface area contributed by atoms with Crippen molar-refractivity contribution in [3.63, 3.8) is 0 Å². The minimum Gasteiger partial charge on any atom is -0.490 e. The molecule has 0 radical (unpaired) electrons. The predicted octanol–water partition coefficient (Wildman–Crippen LogP) is 2.58. The van der Waals surface area contributed by atoms with Gasteiger partial charge < -0.3 is 15.2 Å². The third-order valence-electron chi connectivity index (χ3n) is 2.31. The Labute approximate surface area is 110 Å². The van der Waals surface area contributed by atoms with Crippen LogP contribution in [-0.2, 0) is 13.2 Å². The van der Waals surface area contributed by atoms with E-state index in [0.717, 1.165) is 22.2 Å². The Morgan fingerprint density at radius 3 is 2.56 bits per heavy atom. The second-order valence-corrected chi connectivity index (χ2v) is 4.55. The molecule has 2 N–H and O–H groups in total. The van der Waals surface area contributed by atoms with Gasteiger partial charge in [-0.25, -0.2) is 4.98 Å². The van der Waals surface area contributed by atoms with Crippen LogP contribution in [0.25, 0.3) is 0 Å². The van der Waals surface area contributed by atoms with Gasteiger partial charge in [0.05, 0.1) is 12.3 Å². The first-order valence-electron chi connectivity index (χ1n) is 5.81.